The Balaban J connectivity index is 3.38. The topological polar surface area (TPSA) is 0 Å². The van der Waals surface area contributed by atoms with Gasteiger partial charge < -0.3 is 0 Å². The van der Waals surface area contributed by atoms with E-state index < -0.39 is 0 Å². The van der Waals surface area contributed by atoms with E-state index in [2.05, 4.69) is 18.8 Å². The molecule has 0 spiro atoms. The fourth-order valence-electron chi connectivity index (χ4n) is 0.250. The van der Waals surface area contributed by atoms with Crippen LogP contribution in [0.25, 0.3) is 0 Å². The summed E-state index contributed by atoms with van der Waals surface area (Å²) in [6, 6.07) is 0. The van der Waals surface area contributed by atoms with Gasteiger partial charge in [-0.25, -0.2) is 0 Å². The highest BCUT2D eigenvalue weighted by atomic mass is 32.2. The summed E-state index contributed by atoms with van der Waals surface area (Å²) in [5.41, 5.74) is 0. The molecule has 0 aromatic heterocycles. The van der Waals surface area contributed by atoms with Crippen LogP contribution in [0.15, 0.2) is 0 Å². The molecule has 3 heteroatoms. The molecule has 0 bridgehead atoms. The van der Waals surface area contributed by atoms with Crippen molar-refractivity contribution in [2.75, 3.05) is 18.8 Å². The third-order valence-electron chi connectivity index (χ3n) is 0.500. The monoisotopic (exact) mass is 153 g/mol. The maximum absolute atomic E-state index is 2.10. The van der Waals surface area contributed by atoms with Gasteiger partial charge >= 0.3 is 0 Å². The standard InChI is InChI=1S/C4H9S3/c1-5-4(6-2)7-3/h1-3H3/q+1. The van der Waals surface area contributed by atoms with Crippen molar-refractivity contribution in [2.24, 2.45) is 0 Å². The molecule has 0 aromatic rings. The van der Waals surface area contributed by atoms with Crippen LogP contribution in [-0.4, -0.2) is 22.3 Å². The molecule has 0 atom stereocenters. The quantitative estimate of drug-likeness (QED) is 0.382. The Hall–Kier alpha value is 0.790. The van der Waals surface area contributed by atoms with Crippen molar-refractivity contribution < 1.29 is 0 Å². The maximum Gasteiger partial charge on any atom is 0.290 e. The fourth-order valence-corrected chi connectivity index (χ4v) is 2.25. The first-order valence-electron chi connectivity index (χ1n) is 1.84. The van der Waals surface area contributed by atoms with E-state index in [0.717, 1.165) is 0 Å². The number of hydrogen-bond acceptors (Lipinski definition) is 2. The molecule has 0 radical (unpaired) electrons. The summed E-state index contributed by atoms with van der Waals surface area (Å²) >= 11 is 5.44. The van der Waals surface area contributed by atoms with Gasteiger partial charge in [-0.15, -0.1) is 0 Å². The zero-order chi connectivity index (χ0) is 5.70. The average molecular weight is 153 g/mol. The highest BCUT2D eigenvalue weighted by Crippen LogP contribution is 2.07. The first-order chi connectivity index (χ1) is 3.35. The lowest BCUT2D eigenvalue weighted by Crippen LogP contribution is -1.80. The largest absolute Gasteiger partial charge is 0.290 e. The Kier molecular flexibility index (Phi) is 5.49. The Morgan fingerprint density at radius 1 is 1.29 bits per heavy atom. The lowest BCUT2D eigenvalue weighted by molar-refractivity contribution is 2.51. The van der Waals surface area contributed by atoms with Crippen LogP contribution in [0.4, 0.5) is 0 Å². The Bertz CT molecular complexity index is 61.3. The van der Waals surface area contributed by atoms with Crippen molar-refractivity contribution >= 4 is 38.4 Å². The normalized spacial score (nSPS) is 8.43. The van der Waals surface area contributed by atoms with E-state index in [9.17, 15) is 0 Å². The number of hydrogen-bond donors (Lipinski definition) is 0. The second-order valence-electron chi connectivity index (χ2n) is 0.862. The maximum atomic E-state index is 2.10. The van der Waals surface area contributed by atoms with Gasteiger partial charge in [0.25, 0.3) is 3.53 Å². The number of rotatable bonds is 0. The van der Waals surface area contributed by atoms with Crippen LogP contribution >= 0.6 is 23.5 Å². The lowest BCUT2D eigenvalue weighted by Gasteiger charge is -1.78. The highest BCUT2D eigenvalue weighted by Gasteiger charge is 1.99. The van der Waals surface area contributed by atoms with Gasteiger partial charge in [-0.05, 0) is 12.5 Å². The van der Waals surface area contributed by atoms with Crippen molar-refractivity contribution in [1.29, 1.82) is 0 Å². The molecule has 0 aromatic carbocycles. The Labute approximate surface area is 57.4 Å². The van der Waals surface area contributed by atoms with Crippen LogP contribution in [0.3, 0.4) is 0 Å². The molecule has 0 unspecified atom stereocenters. The average Bonchev–Trinajstić information content (AvgIpc) is 1.72. The van der Waals surface area contributed by atoms with Gasteiger partial charge in [0.05, 0.1) is 0 Å². The summed E-state index contributed by atoms with van der Waals surface area (Å²) in [6.45, 7) is 0. The zero-order valence-electron chi connectivity index (χ0n) is 4.72. The van der Waals surface area contributed by atoms with E-state index in [1.165, 1.54) is 3.53 Å². The molecule has 0 saturated carbocycles. The molecule has 0 amide bonds. The third-order valence-corrected chi connectivity index (χ3v) is 4.50. The van der Waals surface area contributed by atoms with E-state index in [-0.39, 0.29) is 0 Å². The molecule has 0 fully saturated rings. The smallest absolute Gasteiger partial charge is 0.0613 e. The molecule has 0 aliphatic carbocycles. The SMILES string of the molecule is CSC(SC)=[S+]C. The predicted octanol–water partition coefficient (Wildman–Crippen LogP) is 1.51. The predicted molar refractivity (Wildman–Crippen MR) is 45.3 cm³/mol. The molecule has 0 aliphatic heterocycles. The van der Waals surface area contributed by atoms with E-state index in [0.29, 0.717) is 0 Å². The van der Waals surface area contributed by atoms with Crippen LogP contribution < -0.4 is 0 Å². The molecular formula is C4H9S3+. The van der Waals surface area contributed by atoms with Crippen molar-refractivity contribution in [1.82, 2.24) is 0 Å². The van der Waals surface area contributed by atoms with Gasteiger partial charge in [-0.1, -0.05) is 23.5 Å². The zero-order valence-corrected chi connectivity index (χ0v) is 7.17. The van der Waals surface area contributed by atoms with E-state index in [1.807, 2.05) is 34.9 Å². The van der Waals surface area contributed by atoms with Gasteiger partial charge in [0.2, 0.25) is 0 Å². The minimum Gasteiger partial charge on any atom is -0.0613 e. The molecule has 7 heavy (non-hydrogen) atoms. The van der Waals surface area contributed by atoms with E-state index in [4.69, 9.17) is 0 Å². The minimum atomic E-state index is 1.43. The first-order valence-corrected chi connectivity index (χ1v) is 5.51. The lowest BCUT2D eigenvalue weighted by atomic mass is 11.8. The van der Waals surface area contributed by atoms with Crippen LogP contribution in [0, 0.1) is 0 Å². The van der Waals surface area contributed by atoms with Crippen molar-refractivity contribution in [2.45, 2.75) is 0 Å². The molecular weight excluding hydrogens is 144 g/mol. The third kappa shape index (κ3) is 3.38. The van der Waals surface area contributed by atoms with Crippen LogP contribution in [0.5, 0.6) is 0 Å². The van der Waals surface area contributed by atoms with Crippen LogP contribution in [-0.2, 0) is 11.4 Å². The van der Waals surface area contributed by atoms with Gasteiger partial charge in [-0.3, -0.25) is 0 Å². The summed E-state index contributed by atoms with van der Waals surface area (Å²) < 4.78 is 1.43. The van der Waals surface area contributed by atoms with E-state index in [1.54, 1.807) is 0 Å². The molecule has 0 rings (SSSR count). The summed E-state index contributed by atoms with van der Waals surface area (Å²) in [6.07, 6.45) is 6.30. The Morgan fingerprint density at radius 3 is 1.71 bits per heavy atom. The van der Waals surface area contributed by atoms with Crippen LogP contribution in [0.1, 0.15) is 0 Å². The molecule has 0 N–H and O–H groups in total. The van der Waals surface area contributed by atoms with Crippen molar-refractivity contribution in [3.63, 3.8) is 0 Å². The highest BCUT2D eigenvalue weighted by molar-refractivity contribution is 8.46. The van der Waals surface area contributed by atoms with Crippen molar-refractivity contribution in [3.05, 3.63) is 0 Å². The fraction of sp³-hybridized carbons (Fsp3) is 0.750. The van der Waals surface area contributed by atoms with Gasteiger partial charge in [-0.2, -0.15) is 0 Å². The van der Waals surface area contributed by atoms with Gasteiger partial charge in [0, 0.05) is 0 Å². The molecule has 0 aliphatic rings. The van der Waals surface area contributed by atoms with Crippen LogP contribution in [0.2, 0.25) is 0 Å². The molecule has 0 heterocycles. The molecule has 0 saturated heterocycles. The Morgan fingerprint density at radius 2 is 1.71 bits per heavy atom. The number of thioether (sulfide) groups is 2. The van der Waals surface area contributed by atoms with E-state index >= 15 is 0 Å². The summed E-state index contributed by atoms with van der Waals surface area (Å²) in [7, 11) is 0. The summed E-state index contributed by atoms with van der Waals surface area (Å²) in [5, 5.41) is 0. The summed E-state index contributed by atoms with van der Waals surface area (Å²) in [4.78, 5) is 0. The first kappa shape index (κ1) is 7.79. The molecule has 0 nitrogen and oxygen atoms in total. The summed E-state index contributed by atoms with van der Waals surface area (Å²) in [5.74, 6) is 0. The molecule has 42 valence electrons. The second-order valence-corrected chi connectivity index (χ2v) is 4.09. The van der Waals surface area contributed by atoms with Crippen molar-refractivity contribution in [3.8, 4) is 0 Å². The second kappa shape index (κ2) is 4.94. The van der Waals surface area contributed by atoms with Gasteiger partial charge in [0.1, 0.15) is 0 Å². The minimum absolute atomic E-state index is 1.43. The van der Waals surface area contributed by atoms with Gasteiger partial charge in [0.15, 0.2) is 17.6 Å².